The van der Waals surface area contributed by atoms with Gasteiger partial charge in [-0.25, -0.2) is 9.36 Å². The summed E-state index contributed by atoms with van der Waals surface area (Å²) in [5.74, 6) is -3.62. The Labute approximate surface area is 771 Å². The molecule has 750 valence electrons. The molecule has 8 heterocycles. The second-order valence-electron chi connectivity index (χ2n) is 37.8. The largest absolute Gasteiger partial charge is 0.394 e. The van der Waals surface area contributed by atoms with Crippen molar-refractivity contribution in [3.8, 4) is 0 Å². The lowest BCUT2D eigenvalue weighted by molar-refractivity contribution is -0.308. The maximum absolute atomic E-state index is 14.8. The van der Waals surface area contributed by atoms with Crippen LogP contribution >= 0.6 is 0 Å². The highest BCUT2D eigenvalue weighted by molar-refractivity contribution is 5.83. The van der Waals surface area contributed by atoms with Gasteiger partial charge in [0.25, 0.3) is 11.8 Å². The summed E-state index contributed by atoms with van der Waals surface area (Å²) in [7, 11) is 0. The average Bonchev–Trinajstić information content (AvgIpc) is 1.07. The zero-order chi connectivity index (χ0) is 94.1. The number of Topliss-reactive ketones (excluding diaryl/α,β-unsaturated/α-hetero) is 2. The Morgan fingerprint density at radius 2 is 0.864 bits per heavy atom. The lowest BCUT2D eigenvalue weighted by Crippen LogP contribution is -2.68. The summed E-state index contributed by atoms with van der Waals surface area (Å²) in [5.41, 5.74) is 12.0. The number of ether oxygens (including phenoxy) is 14. The van der Waals surface area contributed by atoms with Gasteiger partial charge in [-0.15, -0.1) is 10.2 Å². The van der Waals surface area contributed by atoms with E-state index in [2.05, 4.69) is 31.3 Å². The molecule has 6 saturated heterocycles. The molecule has 42 nitrogen and oxygen atoms in total. The minimum atomic E-state index is -1.64. The Morgan fingerprint density at radius 1 is 0.470 bits per heavy atom. The van der Waals surface area contributed by atoms with Crippen LogP contribution in [0.15, 0.2) is 12.4 Å². The molecule has 12 unspecified atom stereocenters. The van der Waals surface area contributed by atoms with E-state index >= 15 is 0 Å². The number of hydrogen-bond acceptors (Lipinski definition) is 36. The Bertz CT molecular complexity index is 3570. The van der Waals surface area contributed by atoms with Crippen molar-refractivity contribution in [2.24, 2.45) is 47.0 Å². The minimum Gasteiger partial charge on any atom is -0.394 e. The van der Waals surface area contributed by atoms with Crippen molar-refractivity contribution in [2.45, 2.75) is 367 Å². The van der Waals surface area contributed by atoms with Gasteiger partial charge in [0, 0.05) is 77.2 Å². The summed E-state index contributed by atoms with van der Waals surface area (Å²) in [5, 5.41) is 135. The number of carbonyl (C=O) groups excluding carboxylic acids is 6. The van der Waals surface area contributed by atoms with E-state index in [9.17, 15) is 79.8 Å². The average molecular weight is 1880 g/mol. The van der Waals surface area contributed by atoms with Crippen LogP contribution in [0, 0.1) is 35.5 Å². The van der Waals surface area contributed by atoms with Gasteiger partial charge in [0.05, 0.1) is 115 Å². The van der Waals surface area contributed by atoms with Crippen LogP contribution in [0.4, 0.5) is 0 Å². The Kier molecular flexibility index (Phi) is 41.9. The number of aliphatic hydroxyl groups is 10. The number of hydrogen-bond donors (Lipinski definition) is 14. The smallest absolute Gasteiger partial charge is 0.251 e. The second-order valence-corrected chi connectivity index (χ2v) is 37.8. The fourth-order valence-corrected chi connectivity index (χ4v) is 20.4. The van der Waals surface area contributed by atoms with Gasteiger partial charge in [0.15, 0.2) is 12.6 Å². The van der Waals surface area contributed by atoms with Crippen molar-refractivity contribution in [1.29, 1.82) is 0 Å². The predicted octanol–water partition coefficient (Wildman–Crippen LogP) is -1.56. The highest BCUT2D eigenvalue weighted by Gasteiger charge is 2.56. The van der Waals surface area contributed by atoms with Gasteiger partial charge in [-0.1, -0.05) is 101 Å². The molecule has 4 amide bonds. The zero-order valence-corrected chi connectivity index (χ0v) is 77.1. The van der Waals surface area contributed by atoms with Crippen LogP contribution in [0.5, 0.6) is 0 Å². The van der Waals surface area contributed by atoms with Crippen molar-refractivity contribution in [1.82, 2.24) is 50.4 Å². The number of nitrogens with zero attached hydrogens (tertiary/aromatic N) is 8. The molecule has 0 bridgehead atoms. The van der Waals surface area contributed by atoms with Crippen molar-refractivity contribution in [3.63, 3.8) is 0 Å². The summed E-state index contributed by atoms with van der Waals surface area (Å²) in [6, 6.07) is -2.81. The lowest BCUT2D eigenvalue weighted by Gasteiger charge is -2.49. The van der Waals surface area contributed by atoms with E-state index in [0.29, 0.717) is 128 Å². The van der Waals surface area contributed by atoms with Gasteiger partial charge in [-0.2, -0.15) is 0 Å². The van der Waals surface area contributed by atoms with E-state index in [1.54, 1.807) is 23.6 Å². The molecule has 0 spiro atoms. The molecule has 2 aromatic heterocycles. The third-order valence-corrected chi connectivity index (χ3v) is 28.3. The summed E-state index contributed by atoms with van der Waals surface area (Å²) in [6.45, 7) is 7.97. The third-order valence-electron chi connectivity index (χ3n) is 28.3. The molecular formula is C90H150N12O30. The molecule has 10 aliphatic rings. The van der Waals surface area contributed by atoms with Gasteiger partial charge in [0.1, 0.15) is 146 Å². The quantitative estimate of drug-likeness (QED) is 0.0333. The monoisotopic (exact) mass is 1880 g/mol. The molecule has 16 N–H and O–H groups in total. The molecule has 12 rings (SSSR count). The molecule has 2 aromatic rings. The highest BCUT2D eigenvalue weighted by Crippen LogP contribution is 2.44. The minimum absolute atomic E-state index is 0.0344. The number of rotatable bonds is 51. The molecule has 10 fully saturated rings. The number of nitrogens with one attached hydrogen (secondary N) is 2. The first-order chi connectivity index (χ1) is 63.8. The zero-order valence-electron chi connectivity index (χ0n) is 77.1. The molecule has 4 aliphatic carbocycles. The van der Waals surface area contributed by atoms with Crippen LogP contribution in [-0.4, -0.2) is 390 Å². The molecule has 132 heavy (non-hydrogen) atoms. The first-order valence-corrected chi connectivity index (χ1v) is 48.6. The van der Waals surface area contributed by atoms with E-state index in [4.69, 9.17) is 77.8 Å². The number of nitrogens with two attached hydrogens (primary N) is 2. The second kappa shape index (κ2) is 52.5. The molecule has 6 aliphatic heterocycles. The first-order valence-electron chi connectivity index (χ1n) is 48.6. The molecule has 0 radical (unpaired) electrons. The van der Waals surface area contributed by atoms with Crippen LogP contribution in [0.1, 0.15) is 193 Å². The lowest BCUT2D eigenvalue weighted by atomic mass is 9.74. The summed E-state index contributed by atoms with van der Waals surface area (Å²) < 4.78 is 91.9. The SMILES string of the molecule is CCC1CC(C(=O)CCCOCCN)C[C@@H](O[C@@H]2O[C@@H](CO)[C@H](O)C(O[C@@H](CC3CCCCC3)C(=O)N3CCC3)C2NC(=O)Cn2cc(COCCOCc3cn(CC(=O)NC4C(O[C@@H](CC5CCCCC5)C(=O)N5CCC5)[C@@H](O)[C@H](CO)O[C@H]4O[C@@H]4CC(C(=O)CCCOCCN)CC(CC)[C@H]4OC[C@@H]4OC(C)[C@@H](O)[C@H](O)C4O)nn3)nn2)[C@@H]1OC[C@@H]1OC(C)[C@@H](O)[C@H](O)C1O. The number of carbonyl (C=O) groups is 6. The van der Waals surface area contributed by atoms with E-state index in [1.165, 1.54) is 21.8 Å². The van der Waals surface area contributed by atoms with Gasteiger partial charge in [-0.05, 0) is 102 Å². The predicted molar refractivity (Wildman–Crippen MR) is 464 cm³/mol. The fourth-order valence-electron chi connectivity index (χ4n) is 20.4. The van der Waals surface area contributed by atoms with Crippen molar-refractivity contribution in [2.75, 3.05) is 105 Å². The van der Waals surface area contributed by atoms with Crippen molar-refractivity contribution >= 4 is 35.2 Å². The van der Waals surface area contributed by atoms with E-state index in [-0.39, 0.29) is 112 Å². The standard InChI is InChI=1S/C90H150N12O30/c1-5-55-37-57(61(105)21-13-29-119-31-23-91)39-63(83(55)123-49-69-77(111)81(115)75(109)51(3)125-69)129-89-73(85(79(113)67(45-103)131-89)127-65(87(117)99-25-15-26-99)35-53-17-9-7-10-18-53)93-71(107)43-101-41-59(95-97-101)47-121-33-34-122-48-60-42-102(98-96-60)44-72(108)94-74-86(128-66(88(118)100-27-16-28-100)36-54-19-11-8-12-20-54)80(114)68(46-104)132-90(74)130-64-40-58(62(106)22-14-30-120-32-24-92)38-56(6-2)84(64)124-50-70-78(112)82(116)76(110)52(4)126-70/h41-42,51-58,63-70,73-86,89-90,103-104,109-116H,5-40,43-50,91-92H2,1-4H3,(H,93,107)(H,94,108)/t51?,52?,55?,56?,57?,58?,63-,64-,65+,66+,67+,68+,69+,70+,73?,74?,75-,76-,77?,78?,79+,80+,81+,82+,83-,84-,85?,86?,89-,90-/m1/s1. The summed E-state index contributed by atoms with van der Waals surface area (Å²) in [6.07, 6.45) is -12.8. The molecule has 42 heteroatoms. The maximum Gasteiger partial charge on any atom is 0.251 e. The Hall–Kier alpha value is -5.54. The number of aromatic nitrogens is 6. The van der Waals surface area contributed by atoms with Gasteiger partial charge in [-0.3, -0.25) is 28.8 Å². The molecule has 4 saturated carbocycles. The maximum atomic E-state index is 14.8. The van der Waals surface area contributed by atoms with Crippen molar-refractivity contribution in [3.05, 3.63) is 23.8 Å². The van der Waals surface area contributed by atoms with Crippen LogP contribution < -0.4 is 22.1 Å². The van der Waals surface area contributed by atoms with Crippen LogP contribution in [-0.2, 0) is 121 Å². The molecule has 0 aromatic carbocycles. The van der Waals surface area contributed by atoms with Crippen LogP contribution in [0.2, 0.25) is 0 Å². The topological polar surface area (TPSA) is 578 Å². The Balaban J connectivity index is 0.712. The third kappa shape index (κ3) is 28.6. The number of ketones is 2. The molecule has 30 atom stereocenters. The summed E-state index contributed by atoms with van der Waals surface area (Å²) in [4.78, 5) is 90.7. The first kappa shape index (κ1) is 105. The van der Waals surface area contributed by atoms with E-state index in [0.717, 1.165) is 77.0 Å². The Morgan fingerprint density at radius 3 is 1.22 bits per heavy atom. The fraction of sp³-hybridized carbons (Fsp3) is 0.889. The van der Waals surface area contributed by atoms with E-state index < -0.39 is 209 Å². The van der Waals surface area contributed by atoms with E-state index in [1.807, 2.05) is 13.8 Å². The number of amides is 4. The number of likely N-dealkylation sites (tertiary alicyclic amines) is 2. The van der Waals surface area contributed by atoms with Gasteiger partial charge >= 0.3 is 0 Å². The molecular weight excluding hydrogens is 1730 g/mol. The summed E-state index contributed by atoms with van der Waals surface area (Å²) >= 11 is 0. The number of aliphatic hydroxyl groups excluding tert-OH is 10. The highest BCUT2D eigenvalue weighted by atomic mass is 16.7. The van der Waals surface area contributed by atoms with Gasteiger partial charge < -0.3 is 149 Å². The van der Waals surface area contributed by atoms with Crippen LogP contribution in [0.3, 0.4) is 0 Å². The normalized spacial score (nSPS) is 34.8. The van der Waals surface area contributed by atoms with Crippen molar-refractivity contribution < 1.29 is 146 Å². The van der Waals surface area contributed by atoms with Gasteiger partial charge in [0.2, 0.25) is 11.8 Å². The van der Waals surface area contributed by atoms with Crippen LogP contribution in [0.25, 0.3) is 0 Å².